The standard InChI is InChI=1S/C33H28N8O8/c1-16(42)34-26-22(30(44)36-28-24(26)32(46)40(38-28)18-8-12-20(48-3)13-9-18)6-5-7-23-27(35-17(2)43)25-29(37-31(23)45)39-41(33(25)47)19-10-14-21(49-4)15-11-19/h6-15H,1-4H3,(H3,34,36,38,42,44)(H3,35,37,39,43,45). The number of nitrogens with one attached hydrogen (secondary N) is 6. The van der Waals surface area contributed by atoms with Gasteiger partial charge in [0.25, 0.3) is 22.2 Å². The predicted molar refractivity (Wildman–Crippen MR) is 183 cm³/mol. The van der Waals surface area contributed by atoms with Gasteiger partial charge in [0, 0.05) is 13.8 Å². The smallest absolute Gasteiger partial charge is 0.282 e. The highest BCUT2D eigenvalue weighted by atomic mass is 16.5. The highest BCUT2D eigenvalue weighted by molar-refractivity contribution is 6.03. The fourth-order valence-electron chi connectivity index (χ4n) is 5.30. The molecule has 4 heterocycles. The van der Waals surface area contributed by atoms with Crippen molar-refractivity contribution in [2.45, 2.75) is 13.8 Å². The minimum Gasteiger partial charge on any atom is -0.497 e. The first-order valence-electron chi connectivity index (χ1n) is 14.6. The summed E-state index contributed by atoms with van der Waals surface area (Å²) >= 11 is 0. The van der Waals surface area contributed by atoms with Crippen LogP contribution in [0.2, 0.25) is 0 Å². The number of fused-ring (bicyclic) bond motifs is 2. The number of rotatable bonds is 8. The first-order valence-corrected chi connectivity index (χ1v) is 14.6. The van der Waals surface area contributed by atoms with E-state index in [-0.39, 0.29) is 44.6 Å². The van der Waals surface area contributed by atoms with Crippen molar-refractivity contribution in [2.24, 2.45) is 0 Å². The van der Waals surface area contributed by atoms with Crippen LogP contribution >= 0.6 is 0 Å². The van der Waals surface area contributed by atoms with Crippen molar-refractivity contribution in [3.63, 3.8) is 0 Å². The summed E-state index contributed by atoms with van der Waals surface area (Å²) in [6, 6.07) is 13.1. The number of ether oxygens (including phenoxy) is 2. The molecule has 2 aromatic carbocycles. The van der Waals surface area contributed by atoms with Crippen molar-refractivity contribution in [3.8, 4) is 22.9 Å². The molecule has 2 amide bonds. The summed E-state index contributed by atoms with van der Waals surface area (Å²) in [6.07, 6.45) is 2.34. The number of methoxy groups -OCH3 is 2. The van der Waals surface area contributed by atoms with E-state index in [2.05, 4.69) is 36.5 Å². The number of aromatic amines is 4. The Morgan fingerprint density at radius 2 is 1.02 bits per heavy atom. The van der Waals surface area contributed by atoms with Crippen molar-refractivity contribution in [3.05, 3.63) is 107 Å². The molecule has 49 heavy (non-hydrogen) atoms. The van der Waals surface area contributed by atoms with Crippen LogP contribution in [0.5, 0.6) is 11.5 Å². The number of pyridine rings is 2. The van der Waals surface area contributed by atoms with Crippen molar-refractivity contribution in [1.29, 1.82) is 0 Å². The van der Waals surface area contributed by atoms with E-state index in [4.69, 9.17) is 9.47 Å². The Labute approximate surface area is 274 Å². The fraction of sp³-hybridized carbons (Fsp3) is 0.121. The van der Waals surface area contributed by atoms with E-state index in [1.807, 2.05) is 0 Å². The maximum absolute atomic E-state index is 13.6. The molecule has 248 valence electrons. The number of aromatic nitrogens is 6. The molecule has 6 rings (SSSR count). The van der Waals surface area contributed by atoms with Crippen molar-refractivity contribution >= 4 is 57.4 Å². The number of amides is 2. The van der Waals surface area contributed by atoms with E-state index >= 15 is 0 Å². The zero-order valence-corrected chi connectivity index (χ0v) is 26.4. The SMILES string of the molecule is COc1ccc(-n2[nH]c3[nH]c(=O)c(C=C=Cc4c(NC(C)=O)c5c(=O)n(-c6ccc(OC)cc6)[nH]c5[nH]c4=O)c(NC(C)=O)c3c2=O)cc1. The summed E-state index contributed by atoms with van der Waals surface area (Å²) in [5, 5.41) is 10.8. The van der Waals surface area contributed by atoms with Gasteiger partial charge < -0.3 is 30.1 Å². The lowest BCUT2D eigenvalue weighted by molar-refractivity contribution is -0.115. The molecule has 0 spiro atoms. The second-order valence-corrected chi connectivity index (χ2v) is 10.7. The van der Waals surface area contributed by atoms with E-state index in [1.165, 1.54) is 49.6 Å². The largest absolute Gasteiger partial charge is 0.497 e. The fourth-order valence-corrected chi connectivity index (χ4v) is 5.30. The number of carbonyl (C=O) groups excluding carboxylic acids is 2. The number of nitrogens with zero attached hydrogens (tertiary/aromatic N) is 2. The van der Waals surface area contributed by atoms with Crippen molar-refractivity contribution in [2.75, 3.05) is 24.9 Å². The summed E-state index contributed by atoms with van der Waals surface area (Å²) < 4.78 is 12.7. The van der Waals surface area contributed by atoms with Crippen LogP contribution in [-0.4, -0.2) is 55.6 Å². The van der Waals surface area contributed by atoms with E-state index in [0.29, 0.717) is 22.9 Å². The van der Waals surface area contributed by atoms with Gasteiger partial charge in [0.05, 0.1) is 48.1 Å². The number of anilines is 2. The number of carbonyl (C=O) groups is 2. The van der Waals surface area contributed by atoms with Gasteiger partial charge in [0.1, 0.15) is 33.6 Å². The van der Waals surface area contributed by atoms with Gasteiger partial charge in [0.2, 0.25) is 11.8 Å². The van der Waals surface area contributed by atoms with Gasteiger partial charge in [-0.1, -0.05) is 0 Å². The summed E-state index contributed by atoms with van der Waals surface area (Å²) in [5.41, 5.74) is 0.663. The van der Waals surface area contributed by atoms with Crippen LogP contribution in [0.3, 0.4) is 0 Å². The molecule has 16 heteroatoms. The predicted octanol–water partition coefficient (Wildman–Crippen LogP) is 2.59. The highest BCUT2D eigenvalue weighted by Gasteiger charge is 2.21. The lowest BCUT2D eigenvalue weighted by atomic mass is 10.1. The van der Waals surface area contributed by atoms with Gasteiger partial charge in [-0.25, -0.2) is 9.36 Å². The van der Waals surface area contributed by atoms with Crippen LogP contribution in [0.15, 0.2) is 73.4 Å². The van der Waals surface area contributed by atoms with Crippen LogP contribution in [0.4, 0.5) is 11.4 Å². The molecule has 0 fully saturated rings. The van der Waals surface area contributed by atoms with Gasteiger partial charge >= 0.3 is 0 Å². The molecule has 0 bridgehead atoms. The van der Waals surface area contributed by atoms with Gasteiger partial charge in [-0.2, -0.15) is 0 Å². The third-order valence-corrected chi connectivity index (χ3v) is 7.50. The third kappa shape index (κ3) is 5.86. The summed E-state index contributed by atoms with van der Waals surface area (Å²) in [7, 11) is 3.01. The first kappa shape index (κ1) is 31.9. The Bertz CT molecular complexity index is 2410. The summed E-state index contributed by atoms with van der Waals surface area (Å²) in [5.74, 6) is 0.0205. The Balaban J connectivity index is 1.52. The molecule has 6 N–H and O–H groups in total. The Hall–Kier alpha value is -7.06. The average molecular weight is 665 g/mol. The van der Waals surface area contributed by atoms with E-state index in [9.17, 15) is 28.8 Å². The third-order valence-electron chi connectivity index (χ3n) is 7.50. The second kappa shape index (κ2) is 12.6. The van der Waals surface area contributed by atoms with E-state index in [1.54, 1.807) is 48.5 Å². The molecular weight excluding hydrogens is 636 g/mol. The second-order valence-electron chi connectivity index (χ2n) is 10.7. The first-order chi connectivity index (χ1) is 23.5. The highest BCUT2D eigenvalue weighted by Crippen LogP contribution is 2.25. The monoisotopic (exact) mass is 664 g/mol. The number of hydrogen-bond acceptors (Lipinski definition) is 8. The summed E-state index contributed by atoms with van der Waals surface area (Å²) in [4.78, 5) is 83.4. The van der Waals surface area contributed by atoms with Crippen LogP contribution in [0.25, 0.3) is 45.6 Å². The van der Waals surface area contributed by atoms with Gasteiger partial charge in [0.15, 0.2) is 0 Å². The molecule has 0 atom stereocenters. The minimum absolute atomic E-state index is 0.0247. The zero-order valence-electron chi connectivity index (χ0n) is 26.4. The Kier molecular flexibility index (Phi) is 8.22. The summed E-state index contributed by atoms with van der Waals surface area (Å²) in [6.45, 7) is 2.43. The number of hydrogen-bond donors (Lipinski definition) is 6. The molecule has 0 unspecified atom stereocenters. The Morgan fingerprint density at radius 1 is 0.653 bits per heavy atom. The maximum atomic E-state index is 13.6. The quantitative estimate of drug-likeness (QED) is 0.133. The molecule has 16 nitrogen and oxygen atoms in total. The van der Waals surface area contributed by atoms with E-state index in [0.717, 1.165) is 0 Å². The average Bonchev–Trinajstić information content (AvgIpc) is 3.58. The maximum Gasteiger partial charge on any atom is 0.282 e. The van der Waals surface area contributed by atoms with Gasteiger partial charge in [-0.05, 0) is 60.7 Å². The Morgan fingerprint density at radius 3 is 1.35 bits per heavy atom. The molecule has 4 aromatic heterocycles. The minimum atomic E-state index is -0.695. The van der Waals surface area contributed by atoms with E-state index < -0.39 is 34.1 Å². The molecule has 0 radical (unpaired) electrons. The van der Waals surface area contributed by atoms with Crippen LogP contribution in [0.1, 0.15) is 25.0 Å². The topological polar surface area (TPSA) is 218 Å². The lowest BCUT2D eigenvalue weighted by Crippen LogP contribution is -2.19. The van der Waals surface area contributed by atoms with Crippen molar-refractivity contribution in [1.82, 2.24) is 29.5 Å². The molecule has 0 aliphatic heterocycles. The lowest BCUT2D eigenvalue weighted by Gasteiger charge is -2.07. The van der Waals surface area contributed by atoms with Crippen LogP contribution < -0.4 is 42.3 Å². The molecule has 0 aliphatic carbocycles. The van der Waals surface area contributed by atoms with Gasteiger partial charge in [-0.15, -0.1) is 5.73 Å². The molecular formula is C33H28N8O8. The van der Waals surface area contributed by atoms with Crippen LogP contribution in [0, 0.1) is 0 Å². The number of H-pyrrole nitrogens is 4. The van der Waals surface area contributed by atoms with Crippen LogP contribution in [-0.2, 0) is 9.59 Å². The van der Waals surface area contributed by atoms with Crippen molar-refractivity contribution < 1.29 is 19.1 Å². The molecule has 0 saturated carbocycles. The number of benzene rings is 2. The zero-order chi connectivity index (χ0) is 35.0. The molecule has 0 aliphatic rings. The molecule has 0 saturated heterocycles. The van der Waals surface area contributed by atoms with Gasteiger partial charge in [-0.3, -0.25) is 39.0 Å². The molecule has 6 aromatic rings. The normalized spacial score (nSPS) is 10.9.